The summed E-state index contributed by atoms with van der Waals surface area (Å²) >= 11 is 0. The molecule has 7 nitrogen and oxygen atoms in total. The van der Waals surface area contributed by atoms with Gasteiger partial charge in [0.05, 0.1) is 18.3 Å². The molecule has 0 radical (unpaired) electrons. The van der Waals surface area contributed by atoms with Crippen molar-refractivity contribution in [2.24, 2.45) is 0 Å². The zero-order chi connectivity index (χ0) is 24.1. The summed E-state index contributed by atoms with van der Waals surface area (Å²) in [6, 6.07) is 7.24. The van der Waals surface area contributed by atoms with Crippen LogP contribution in [-0.4, -0.2) is 72.4 Å². The van der Waals surface area contributed by atoms with Crippen LogP contribution in [0, 0.1) is 0 Å². The average Bonchev–Trinajstić information content (AvgIpc) is 2.84. The van der Waals surface area contributed by atoms with Crippen LogP contribution in [0.2, 0.25) is 0 Å². The molecule has 1 aromatic heterocycles. The molecule has 34 heavy (non-hydrogen) atoms. The molecule has 2 aromatic rings. The van der Waals surface area contributed by atoms with Crippen molar-refractivity contribution in [3.05, 3.63) is 59.2 Å². The van der Waals surface area contributed by atoms with Gasteiger partial charge in [0.15, 0.2) is 0 Å². The molecule has 1 amide bonds. The van der Waals surface area contributed by atoms with Crippen molar-refractivity contribution in [2.45, 2.75) is 50.0 Å². The number of benzene rings is 1. The van der Waals surface area contributed by atoms with E-state index in [9.17, 15) is 18.0 Å². The number of methoxy groups -OCH3 is 1. The third kappa shape index (κ3) is 6.11. The summed E-state index contributed by atoms with van der Waals surface area (Å²) in [4.78, 5) is 23.1. The van der Waals surface area contributed by atoms with Crippen molar-refractivity contribution in [2.75, 3.05) is 33.4 Å². The fourth-order valence-electron chi connectivity index (χ4n) is 4.53. The van der Waals surface area contributed by atoms with E-state index in [4.69, 9.17) is 9.47 Å². The molecule has 2 fully saturated rings. The van der Waals surface area contributed by atoms with Gasteiger partial charge >= 0.3 is 6.18 Å². The Balaban J connectivity index is 1.34. The molecule has 0 saturated carbocycles. The largest absolute Gasteiger partial charge is 0.416 e. The molecule has 0 aliphatic carbocycles. The predicted octanol–water partition coefficient (Wildman–Crippen LogP) is 3.08. The molecule has 1 aromatic carbocycles. The second-order valence-corrected chi connectivity index (χ2v) is 8.75. The minimum atomic E-state index is -4.40. The monoisotopic (exact) mass is 478 g/mol. The van der Waals surface area contributed by atoms with Crippen LogP contribution < -0.4 is 5.32 Å². The van der Waals surface area contributed by atoms with Gasteiger partial charge in [-0.2, -0.15) is 13.2 Å². The van der Waals surface area contributed by atoms with Gasteiger partial charge in [-0.25, -0.2) is 9.97 Å². The highest BCUT2D eigenvalue weighted by Crippen LogP contribution is 2.30. The number of carbonyl (C=O) groups is 1. The van der Waals surface area contributed by atoms with Gasteiger partial charge in [0.1, 0.15) is 12.0 Å². The first-order chi connectivity index (χ1) is 16.3. The van der Waals surface area contributed by atoms with Gasteiger partial charge in [-0.15, -0.1) is 0 Å². The van der Waals surface area contributed by atoms with E-state index in [0.717, 1.165) is 31.4 Å². The molecule has 0 bridgehead atoms. The smallest absolute Gasteiger partial charge is 0.379 e. The van der Waals surface area contributed by atoms with Crippen molar-refractivity contribution in [3.8, 4) is 0 Å². The lowest BCUT2D eigenvalue weighted by Gasteiger charge is -2.38. The Morgan fingerprint density at radius 1 is 1.21 bits per heavy atom. The summed E-state index contributed by atoms with van der Waals surface area (Å²) < 4.78 is 50.0. The number of aromatic nitrogens is 2. The van der Waals surface area contributed by atoms with Crippen molar-refractivity contribution in [1.82, 2.24) is 20.2 Å². The van der Waals surface area contributed by atoms with Gasteiger partial charge in [0, 0.05) is 51.0 Å². The Morgan fingerprint density at radius 2 is 2.00 bits per heavy atom. The van der Waals surface area contributed by atoms with E-state index in [1.165, 1.54) is 12.4 Å². The van der Waals surface area contributed by atoms with E-state index >= 15 is 0 Å². The summed E-state index contributed by atoms with van der Waals surface area (Å²) in [5, 5.41) is 3.66. The standard InChI is InChI=1S/C24H29F3N4O3/c1-33-22-14-34-10-7-20(22)30-18-5-8-31(9-6-18)23(32)21-13-19(28-15-29-21)12-16-3-2-4-17(11-16)24(25,26)27/h2-4,11,13,15,18,20,22,30H,5-10,12,14H2,1H3/t20-,22+/m0/s1. The summed E-state index contributed by atoms with van der Waals surface area (Å²) in [6.07, 6.45) is -0.356. The molecule has 3 heterocycles. The topological polar surface area (TPSA) is 76.6 Å². The minimum absolute atomic E-state index is 0.0321. The van der Waals surface area contributed by atoms with Gasteiger partial charge in [0.2, 0.25) is 0 Å². The van der Waals surface area contributed by atoms with E-state index in [1.54, 1.807) is 24.1 Å². The van der Waals surface area contributed by atoms with Crippen molar-refractivity contribution in [3.63, 3.8) is 0 Å². The van der Waals surface area contributed by atoms with E-state index < -0.39 is 11.7 Å². The lowest BCUT2D eigenvalue weighted by molar-refractivity contribution is -0.137. The highest BCUT2D eigenvalue weighted by atomic mass is 19.4. The first-order valence-corrected chi connectivity index (χ1v) is 11.5. The van der Waals surface area contributed by atoms with E-state index in [2.05, 4.69) is 15.3 Å². The Hall–Kier alpha value is -2.56. The van der Waals surface area contributed by atoms with Crippen LogP contribution in [0.3, 0.4) is 0 Å². The van der Waals surface area contributed by atoms with Gasteiger partial charge in [-0.1, -0.05) is 18.2 Å². The van der Waals surface area contributed by atoms with Crippen LogP contribution in [0.1, 0.15) is 46.6 Å². The first kappa shape index (κ1) is 24.6. The summed E-state index contributed by atoms with van der Waals surface area (Å²) in [5.74, 6) is -0.188. The molecular formula is C24H29F3N4O3. The number of hydrogen-bond acceptors (Lipinski definition) is 6. The normalized spacial score (nSPS) is 22.1. The number of carbonyl (C=O) groups excluding carboxylic acids is 1. The molecule has 0 unspecified atom stereocenters. The molecular weight excluding hydrogens is 449 g/mol. The predicted molar refractivity (Wildman–Crippen MR) is 118 cm³/mol. The number of rotatable bonds is 6. The number of likely N-dealkylation sites (tertiary alicyclic amines) is 1. The summed E-state index contributed by atoms with van der Waals surface area (Å²) in [6.45, 7) is 2.50. The van der Waals surface area contributed by atoms with Crippen LogP contribution in [0.15, 0.2) is 36.7 Å². The van der Waals surface area contributed by atoms with Crippen LogP contribution in [0.4, 0.5) is 13.2 Å². The van der Waals surface area contributed by atoms with E-state index in [-0.39, 0.29) is 30.2 Å². The Labute approximate surface area is 196 Å². The number of piperidine rings is 1. The van der Waals surface area contributed by atoms with Crippen LogP contribution in [0.25, 0.3) is 0 Å². The molecule has 0 spiro atoms. The molecule has 2 aliphatic heterocycles. The maximum Gasteiger partial charge on any atom is 0.416 e. The molecule has 1 N–H and O–H groups in total. The lowest BCUT2D eigenvalue weighted by atomic mass is 9.99. The maximum atomic E-state index is 13.0. The minimum Gasteiger partial charge on any atom is -0.379 e. The molecule has 184 valence electrons. The summed E-state index contributed by atoms with van der Waals surface area (Å²) in [7, 11) is 1.69. The molecule has 2 atom stereocenters. The maximum absolute atomic E-state index is 13.0. The number of halogens is 3. The zero-order valence-corrected chi connectivity index (χ0v) is 19.1. The first-order valence-electron chi connectivity index (χ1n) is 11.5. The number of nitrogens with one attached hydrogen (secondary N) is 1. The highest BCUT2D eigenvalue weighted by molar-refractivity contribution is 5.92. The van der Waals surface area contributed by atoms with Crippen LogP contribution in [0.5, 0.6) is 0 Å². The van der Waals surface area contributed by atoms with Gasteiger partial charge in [0.25, 0.3) is 5.91 Å². The molecule has 2 saturated heterocycles. The fourth-order valence-corrected chi connectivity index (χ4v) is 4.53. The second-order valence-electron chi connectivity index (χ2n) is 8.75. The molecule has 2 aliphatic rings. The van der Waals surface area contributed by atoms with Gasteiger partial charge in [-0.05, 0) is 37.0 Å². The van der Waals surface area contributed by atoms with Gasteiger partial charge < -0.3 is 19.7 Å². The van der Waals surface area contributed by atoms with E-state index in [0.29, 0.717) is 43.6 Å². The van der Waals surface area contributed by atoms with Crippen molar-refractivity contribution < 1.29 is 27.4 Å². The number of amides is 1. The molecule has 4 rings (SSSR count). The summed E-state index contributed by atoms with van der Waals surface area (Å²) in [5.41, 5.74) is 0.525. The Kier molecular flexibility index (Phi) is 7.80. The number of nitrogens with zero attached hydrogens (tertiary/aromatic N) is 3. The quantitative estimate of drug-likeness (QED) is 0.688. The second kappa shape index (κ2) is 10.8. The Morgan fingerprint density at radius 3 is 2.74 bits per heavy atom. The SMILES string of the molecule is CO[C@@H]1COCC[C@@H]1NC1CCN(C(=O)c2cc(Cc3cccc(C(F)(F)F)c3)ncn2)CC1. The fraction of sp³-hybridized carbons (Fsp3) is 0.542. The van der Waals surface area contributed by atoms with Crippen molar-refractivity contribution in [1.29, 1.82) is 0 Å². The van der Waals surface area contributed by atoms with E-state index in [1.807, 2.05) is 0 Å². The van der Waals surface area contributed by atoms with Crippen LogP contribution >= 0.6 is 0 Å². The Bertz CT molecular complexity index is 980. The average molecular weight is 479 g/mol. The molecule has 10 heteroatoms. The van der Waals surface area contributed by atoms with Crippen molar-refractivity contribution >= 4 is 5.91 Å². The highest BCUT2D eigenvalue weighted by Gasteiger charge is 2.31. The number of alkyl halides is 3. The lowest BCUT2D eigenvalue weighted by Crippen LogP contribution is -2.54. The third-order valence-electron chi connectivity index (χ3n) is 6.42. The van der Waals surface area contributed by atoms with Gasteiger partial charge in [-0.3, -0.25) is 4.79 Å². The number of hydrogen-bond donors (Lipinski definition) is 1. The zero-order valence-electron chi connectivity index (χ0n) is 19.1. The third-order valence-corrected chi connectivity index (χ3v) is 6.42. The van der Waals surface area contributed by atoms with Crippen LogP contribution in [-0.2, 0) is 22.1 Å². The number of ether oxygens (including phenoxy) is 2.